The van der Waals surface area contributed by atoms with Crippen molar-refractivity contribution in [2.24, 2.45) is 11.8 Å². The van der Waals surface area contributed by atoms with E-state index >= 15 is 0 Å². The lowest BCUT2D eigenvalue weighted by molar-refractivity contribution is 0.261. The number of halogens is 1. The average Bonchev–Trinajstić information content (AvgIpc) is 2.22. The minimum Gasteiger partial charge on any atom is -0.382 e. The summed E-state index contributed by atoms with van der Waals surface area (Å²) in [5.74, 6) is 1.43. The Balaban J connectivity index is 2.01. The number of anilines is 1. The maximum atomic E-state index is 13.3. The molecule has 1 fully saturated rings. The van der Waals surface area contributed by atoms with E-state index in [9.17, 15) is 4.39 Å². The van der Waals surface area contributed by atoms with Crippen LogP contribution in [0, 0.1) is 24.6 Å². The van der Waals surface area contributed by atoms with Gasteiger partial charge in [0.05, 0.1) is 0 Å². The molecule has 17 heavy (non-hydrogen) atoms. The topological polar surface area (TPSA) is 12.0 Å². The van der Waals surface area contributed by atoms with Gasteiger partial charge in [-0.1, -0.05) is 13.8 Å². The second-order valence-electron chi connectivity index (χ2n) is 5.63. The van der Waals surface area contributed by atoms with Crippen molar-refractivity contribution in [2.45, 2.75) is 46.1 Å². The first-order valence-electron chi connectivity index (χ1n) is 6.58. The fourth-order valence-corrected chi connectivity index (χ4v) is 2.73. The van der Waals surface area contributed by atoms with Crippen molar-refractivity contribution in [3.8, 4) is 0 Å². The van der Waals surface area contributed by atoms with Gasteiger partial charge >= 0.3 is 0 Å². The molecular weight excluding hydrogens is 213 g/mol. The first-order chi connectivity index (χ1) is 8.04. The highest BCUT2D eigenvalue weighted by atomic mass is 19.1. The van der Waals surface area contributed by atoms with Crippen LogP contribution in [0.3, 0.4) is 0 Å². The maximum Gasteiger partial charge on any atom is 0.125 e. The average molecular weight is 235 g/mol. The molecule has 2 rings (SSSR count). The second-order valence-corrected chi connectivity index (χ2v) is 5.63. The van der Waals surface area contributed by atoms with Crippen molar-refractivity contribution in [2.75, 3.05) is 5.32 Å². The summed E-state index contributed by atoms with van der Waals surface area (Å²) in [6, 6.07) is 5.68. The van der Waals surface area contributed by atoms with Crippen molar-refractivity contribution in [1.82, 2.24) is 0 Å². The molecule has 1 N–H and O–H groups in total. The largest absolute Gasteiger partial charge is 0.382 e. The van der Waals surface area contributed by atoms with Gasteiger partial charge in [-0.15, -0.1) is 0 Å². The molecule has 0 radical (unpaired) electrons. The van der Waals surface area contributed by atoms with Gasteiger partial charge in [-0.05, 0) is 61.8 Å². The molecule has 0 saturated heterocycles. The predicted octanol–water partition coefficient (Wildman–Crippen LogP) is 4.37. The standard InChI is InChI=1S/C15H22FN/c1-10-6-13(16)9-15(7-10)17-14-5-4-11(2)12(3)8-14/h6-7,9,11-12,14,17H,4-5,8H2,1-3H3. The van der Waals surface area contributed by atoms with Gasteiger partial charge in [-0.2, -0.15) is 0 Å². The van der Waals surface area contributed by atoms with Crippen LogP contribution < -0.4 is 5.32 Å². The molecule has 0 amide bonds. The first kappa shape index (κ1) is 12.4. The van der Waals surface area contributed by atoms with E-state index < -0.39 is 0 Å². The van der Waals surface area contributed by atoms with E-state index in [4.69, 9.17) is 0 Å². The Bertz CT molecular complexity index is 368. The molecule has 1 aromatic rings. The Morgan fingerprint density at radius 1 is 1.12 bits per heavy atom. The molecule has 0 aliphatic heterocycles. The number of nitrogens with one attached hydrogen (secondary N) is 1. The smallest absolute Gasteiger partial charge is 0.125 e. The van der Waals surface area contributed by atoms with Crippen molar-refractivity contribution < 1.29 is 4.39 Å². The minimum atomic E-state index is -0.148. The molecule has 0 bridgehead atoms. The summed E-state index contributed by atoms with van der Waals surface area (Å²) in [6.45, 7) is 6.57. The fraction of sp³-hybridized carbons (Fsp3) is 0.600. The summed E-state index contributed by atoms with van der Waals surface area (Å²) < 4.78 is 13.3. The van der Waals surface area contributed by atoms with Crippen molar-refractivity contribution in [3.63, 3.8) is 0 Å². The van der Waals surface area contributed by atoms with Crippen LogP contribution in [0.4, 0.5) is 10.1 Å². The zero-order chi connectivity index (χ0) is 12.4. The zero-order valence-corrected chi connectivity index (χ0v) is 11.0. The number of rotatable bonds is 2. The highest BCUT2D eigenvalue weighted by molar-refractivity contribution is 5.46. The lowest BCUT2D eigenvalue weighted by Crippen LogP contribution is -2.30. The Hall–Kier alpha value is -1.05. The number of aryl methyl sites for hydroxylation is 1. The van der Waals surface area contributed by atoms with Crippen LogP contribution in [-0.4, -0.2) is 6.04 Å². The molecular formula is C15H22FN. The SMILES string of the molecule is Cc1cc(F)cc(NC2CCC(C)C(C)C2)c1. The summed E-state index contributed by atoms with van der Waals surface area (Å²) in [5, 5.41) is 3.47. The van der Waals surface area contributed by atoms with Gasteiger partial charge in [-0.25, -0.2) is 4.39 Å². The summed E-state index contributed by atoms with van der Waals surface area (Å²) in [7, 11) is 0. The molecule has 1 aromatic carbocycles. The highest BCUT2D eigenvalue weighted by Crippen LogP contribution is 2.31. The Morgan fingerprint density at radius 3 is 2.53 bits per heavy atom. The molecule has 0 heterocycles. The molecule has 1 nitrogen and oxygen atoms in total. The third-order valence-corrected chi connectivity index (χ3v) is 4.01. The van der Waals surface area contributed by atoms with Gasteiger partial charge in [0, 0.05) is 11.7 Å². The normalized spacial score (nSPS) is 29.1. The summed E-state index contributed by atoms with van der Waals surface area (Å²) in [5.41, 5.74) is 1.90. The maximum absolute atomic E-state index is 13.3. The van der Waals surface area contributed by atoms with E-state index in [1.165, 1.54) is 19.3 Å². The number of hydrogen-bond acceptors (Lipinski definition) is 1. The molecule has 0 aromatic heterocycles. The fourth-order valence-electron chi connectivity index (χ4n) is 2.73. The van der Waals surface area contributed by atoms with Crippen LogP contribution in [0.5, 0.6) is 0 Å². The second kappa shape index (κ2) is 5.07. The van der Waals surface area contributed by atoms with Crippen molar-refractivity contribution >= 4 is 5.69 Å². The Kier molecular flexibility index (Phi) is 3.70. The molecule has 3 atom stereocenters. The molecule has 1 aliphatic carbocycles. The third-order valence-electron chi connectivity index (χ3n) is 4.01. The zero-order valence-electron chi connectivity index (χ0n) is 11.0. The van der Waals surface area contributed by atoms with E-state index in [0.29, 0.717) is 6.04 Å². The van der Waals surface area contributed by atoms with E-state index in [2.05, 4.69) is 19.2 Å². The van der Waals surface area contributed by atoms with E-state index in [-0.39, 0.29) is 5.82 Å². The van der Waals surface area contributed by atoms with Gasteiger partial charge in [-0.3, -0.25) is 0 Å². The number of hydrogen-bond donors (Lipinski definition) is 1. The molecule has 0 spiro atoms. The Labute approximate surface area is 103 Å². The minimum absolute atomic E-state index is 0.148. The molecule has 1 aliphatic rings. The molecule has 94 valence electrons. The van der Waals surface area contributed by atoms with E-state index in [1.54, 1.807) is 12.1 Å². The Morgan fingerprint density at radius 2 is 1.88 bits per heavy atom. The lowest BCUT2D eigenvalue weighted by Gasteiger charge is -2.33. The summed E-state index contributed by atoms with van der Waals surface area (Å²) in [6.07, 6.45) is 3.66. The number of benzene rings is 1. The summed E-state index contributed by atoms with van der Waals surface area (Å²) >= 11 is 0. The predicted molar refractivity (Wildman–Crippen MR) is 70.7 cm³/mol. The van der Waals surface area contributed by atoms with Crippen LogP contribution in [0.15, 0.2) is 18.2 Å². The third kappa shape index (κ3) is 3.21. The van der Waals surface area contributed by atoms with Crippen LogP contribution in [0.25, 0.3) is 0 Å². The van der Waals surface area contributed by atoms with Crippen LogP contribution in [0.1, 0.15) is 38.7 Å². The molecule has 1 saturated carbocycles. The summed E-state index contributed by atoms with van der Waals surface area (Å²) in [4.78, 5) is 0. The monoisotopic (exact) mass is 235 g/mol. The first-order valence-corrected chi connectivity index (χ1v) is 6.58. The van der Waals surface area contributed by atoms with Gasteiger partial charge in [0.2, 0.25) is 0 Å². The van der Waals surface area contributed by atoms with Crippen molar-refractivity contribution in [1.29, 1.82) is 0 Å². The van der Waals surface area contributed by atoms with Gasteiger partial charge in [0.1, 0.15) is 5.82 Å². The van der Waals surface area contributed by atoms with Gasteiger partial charge < -0.3 is 5.32 Å². The van der Waals surface area contributed by atoms with Gasteiger partial charge in [0.15, 0.2) is 0 Å². The quantitative estimate of drug-likeness (QED) is 0.802. The highest BCUT2D eigenvalue weighted by Gasteiger charge is 2.24. The lowest BCUT2D eigenvalue weighted by atomic mass is 9.79. The van der Waals surface area contributed by atoms with Crippen LogP contribution >= 0.6 is 0 Å². The molecule has 2 heteroatoms. The molecule has 3 unspecified atom stereocenters. The van der Waals surface area contributed by atoms with Crippen LogP contribution in [-0.2, 0) is 0 Å². The van der Waals surface area contributed by atoms with Gasteiger partial charge in [0.25, 0.3) is 0 Å². The van der Waals surface area contributed by atoms with Crippen LogP contribution in [0.2, 0.25) is 0 Å². The van der Waals surface area contributed by atoms with E-state index in [1.807, 2.05) is 13.0 Å². The van der Waals surface area contributed by atoms with E-state index in [0.717, 1.165) is 23.1 Å². The van der Waals surface area contributed by atoms with Crippen molar-refractivity contribution in [3.05, 3.63) is 29.6 Å².